The maximum Gasteiger partial charge on any atom is 0.408 e. The van der Waals surface area contributed by atoms with Crippen molar-refractivity contribution in [3.63, 3.8) is 0 Å². The molecule has 0 radical (unpaired) electrons. The Morgan fingerprint density at radius 2 is 1.65 bits per heavy atom. The maximum absolute atomic E-state index is 14.0. The molecule has 9 nitrogen and oxygen atoms in total. The van der Waals surface area contributed by atoms with Gasteiger partial charge in [-0.15, -0.1) is 6.42 Å². The van der Waals surface area contributed by atoms with Crippen LogP contribution < -0.4 is 16.4 Å². The minimum absolute atomic E-state index is 0.386. The molecule has 2 unspecified atom stereocenters. The van der Waals surface area contributed by atoms with Crippen molar-refractivity contribution in [2.75, 3.05) is 6.54 Å². The van der Waals surface area contributed by atoms with Gasteiger partial charge in [-0.1, -0.05) is 37.8 Å². The van der Waals surface area contributed by atoms with Crippen LogP contribution in [0.4, 0.5) is 4.79 Å². The minimum Gasteiger partial charge on any atom is -0.444 e. The van der Waals surface area contributed by atoms with E-state index in [-0.39, 0.29) is 5.91 Å². The van der Waals surface area contributed by atoms with E-state index in [2.05, 4.69) is 23.5 Å². The zero-order chi connectivity index (χ0) is 28.4. The van der Waals surface area contributed by atoms with Crippen LogP contribution in [0.1, 0.15) is 91.3 Å². The highest BCUT2D eigenvalue weighted by molar-refractivity contribution is 5.95. The maximum atomic E-state index is 14.0. The first-order valence-corrected chi connectivity index (χ1v) is 12.6. The minimum atomic E-state index is -1.34. The van der Waals surface area contributed by atoms with Crippen LogP contribution in [0.2, 0.25) is 0 Å². The Balaban J connectivity index is 3.52. The second-order valence-corrected chi connectivity index (χ2v) is 10.9. The van der Waals surface area contributed by atoms with Crippen molar-refractivity contribution in [3.05, 3.63) is 35.4 Å². The zero-order valence-corrected chi connectivity index (χ0v) is 23.1. The highest BCUT2D eigenvalue weighted by atomic mass is 16.6. The number of hydrogen-bond acceptors (Lipinski definition) is 5. The Hall–Kier alpha value is -3.54. The first-order chi connectivity index (χ1) is 17.1. The van der Waals surface area contributed by atoms with Crippen molar-refractivity contribution < 1.29 is 23.9 Å². The molecule has 0 saturated carbocycles. The molecule has 1 aromatic rings. The van der Waals surface area contributed by atoms with Gasteiger partial charge in [0.2, 0.25) is 17.7 Å². The SMILES string of the molecule is C#Cc1ccc(C(C(=O)NCCCCC)N(C(=O)C(CC(N)=O)NC(=O)OC(C)(C)C)C(C)(C)C)cc1. The van der Waals surface area contributed by atoms with E-state index < -0.39 is 47.6 Å². The van der Waals surface area contributed by atoms with E-state index in [4.69, 9.17) is 16.9 Å². The van der Waals surface area contributed by atoms with Crippen LogP contribution in [-0.2, 0) is 19.1 Å². The summed E-state index contributed by atoms with van der Waals surface area (Å²) in [5.41, 5.74) is 4.86. The van der Waals surface area contributed by atoms with Gasteiger partial charge in [-0.2, -0.15) is 0 Å². The van der Waals surface area contributed by atoms with Crippen molar-refractivity contribution in [1.82, 2.24) is 15.5 Å². The predicted molar refractivity (Wildman–Crippen MR) is 143 cm³/mol. The van der Waals surface area contributed by atoms with Gasteiger partial charge in [0.1, 0.15) is 17.7 Å². The molecule has 1 aromatic carbocycles. The fourth-order valence-electron chi connectivity index (χ4n) is 3.73. The van der Waals surface area contributed by atoms with Crippen LogP contribution in [0.3, 0.4) is 0 Å². The van der Waals surface area contributed by atoms with E-state index in [9.17, 15) is 19.2 Å². The average Bonchev–Trinajstić information content (AvgIpc) is 2.77. The lowest BCUT2D eigenvalue weighted by molar-refractivity contribution is -0.149. The molecule has 0 saturated heterocycles. The van der Waals surface area contributed by atoms with E-state index in [0.717, 1.165) is 19.3 Å². The Morgan fingerprint density at radius 1 is 1.05 bits per heavy atom. The molecule has 0 aromatic heterocycles. The summed E-state index contributed by atoms with van der Waals surface area (Å²) in [4.78, 5) is 53.3. The predicted octanol–water partition coefficient (Wildman–Crippen LogP) is 3.41. The van der Waals surface area contributed by atoms with Crippen molar-refractivity contribution >= 4 is 23.8 Å². The van der Waals surface area contributed by atoms with E-state index in [1.807, 2.05) is 0 Å². The summed E-state index contributed by atoms with van der Waals surface area (Å²) in [5.74, 6) is 0.717. The number of rotatable bonds is 11. The number of alkyl carbamates (subject to hydrolysis) is 1. The summed E-state index contributed by atoms with van der Waals surface area (Å²) in [6, 6.07) is 4.38. The Bertz CT molecular complexity index is 984. The number of nitrogens with two attached hydrogens (primary N) is 1. The van der Waals surface area contributed by atoms with Crippen molar-refractivity contribution in [3.8, 4) is 12.3 Å². The number of benzene rings is 1. The van der Waals surface area contributed by atoms with E-state index >= 15 is 0 Å². The van der Waals surface area contributed by atoms with Crippen LogP contribution in [0.5, 0.6) is 0 Å². The molecular weight excluding hydrogens is 472 g/mol. The third kappa shape index (κ3) is 10.5. The summed E-state index contributed by atoms with van der Waals surface area (Å²) in [6.45, 7) is 12.9. The van der Waals surface area contributed by atoms with Crippen molar-refractivity contribution in [2.45, 2.75) is 97.4 Å². The fourth-order valence-corrected chi connectivity index (χ4v) is 3.73. The largest absolute Gasteiger partial charge is 0.444 e. The molecule has 0 aliphatic carbocycles. The number of hydrogen-bond donors (Lipinski definition) is 3. The van der Waals surface area contributed by atoms with Gasteiger partial charge in [0.05, 0.1) is 6.42 Å². The smallest absolute Gasteiger partial charge is 0.408 e. The number of nitrogens with one attached hydrogen (secondary N) is 2. The lowest BCUT2D eigenvalue weighted by Gasteiger charge is -2.43. The first-order valence-electron chi connectivity index (χ1n) is 12.6. The quantitative estimate of drug-likeness (QED) is 0.308. The van der Waals surface area contributed by atoms with Gasteiger partial charge in [0.15, 0.2) is 0 Å². The number of ether oxygens (including phenoxy) is 1. The molecule has 2 atom stereocenters. The van der Waals surface area contributed by atoms with E-state index in [0.29, 0.717) is 17.7 Å². The molecule has 9 heteroatoms. The second kappa shape index (κ2) is 13.7. The summed E-state index contributed by atoms with van der Waals surface area (Å²) < 4.78 is 5.29. The van der Waals surface area contributed by atoms with Gasteiger partial charge in [-0.05, 0) is 65.7 Å². The van der Waals surface area contributed by atoms with Gasteiger partial charge in [-0.25, -0.2) is 4.79 Å². The summed E-state index contributed by atoms with van der Waals surface area (Å²) in [7, 11) is 0. The van der Waals surface area contributed by atoms with Gasteiger partial charge < -0.3 is 26.0 Å². The molecule has 0 bridgehead atoms. The Morgan fingerprint density at radius 3 is 2.11 bits per heavy atom. The highest BCUT2D eigenvalue weighted by Gasteiger charge is 2.42. The monoisotopic (exact) mass is 514 g/mol. The summed E-state index contributed by atoms with van der Waals surface area (Å²) in [5, 5.41) is 5.40. The number of terminal acetylenes is 1. The van der Waals surface area contributed by atoms with Crippen LogP contribution in [0.15, 0.2) is 24.3 Å². The fraction of sp³-hybridized carbons (Fsp3) is 0.571. The Labute approximate surface area is 220 Å². The van der Waals surface area contributed by atoms with Gasteiger partial charge >= 0.3 is 6.09 Å². The van der Waals surface area contributed by atoms with Crippen LogP contribution in [-0.4, -0.2) is 52.4 Å². The molecule has 0 fully saturated rings. The van der Waals surface area contributed by atoms with E-state index in [1.54, 1.807) is 65.8 Å². The summed E-state index contributed by atoms with van der Waals surface area (Å²) >= 11 is 0. The first kappa shape index (κ1) is 31.5. The van der Waals surface area contributed by atoms with Crippen molar-refractivity contribution in [2.24, 2.45) is 5.73 Å². The molecule has 0 aliphatic heterocycles. The molecule has 0 heterocycles. The van der Waals surface area contributed by atoms with Crippen LogP contribution in [0.25, 0.3) is 0 Å². The molecule has 0 aliphatic rings. The molecule has 4 N–H and O–H groups in total. The zero-order valence-electron chi connectivity index (χ0n) is 23.1. The summed E-state index contributed by atoms with van der Waals surface area (Å²) in [6.07, 6.45) is 6.88. The van der Waals surface area contributed by atoms with Gasteiger partial charge in [0, 0.05) is 17.6 Å². The molecule has 37 heavy (non-hydrogen) atoms. The topological polar surface area (TPSA) is 131 Å². The van der Waals surface area contributed by atoms with E-state index in [1.165, 1.54) is 4.90 Å². The third-order valence-corrected chi connectivity index (χ3v) is 5.33. The Kier molecular flexibility index (Phi) is 11.6. The molecular formula is C28H42N4O5. The van der Waals surface area contributed by atoms with Crippen LogP contribution >= 0.6 is 0 Å². The highest BCUT2D eigenvalue weighted by Crippen LogP contribution is 2.30. The molecule has 1 rings (SSSR count). The number of carbonyl (C=O) groups excluding carboxylic acids is 4. The second-order valence-electron chi connectivity index (χ2n) is 10.9. The average molecular weight is 515 g/mol. The number of amides is 4. The molecule has 0 spiro atoms. The number of primary amides is 1. The van der Waals surface area contributed by atoms with Crippen LogP contribution in [0, 0.1) is 12.3 Å². The van der Waals surface area contributed by atoms with Gasteiger partial charge in [0.25, 0.3) is 0 Å². The van der Waals surface area contributed by atoms with Crippen molar-refractivity contribution in [1.29, 1.82) is 0 Å². The number of nitrogens with zero attached hydrogens (tertiary/aromatic N) is 1. The lowest BCUT2D eigenvalue weighted by Crippen LogP contribution is -2.59. The van der Waals surface area contributed by atoms with Gasteiger partial charge in [-0.3, -0.25) is 14.4 Å². The normalized spacial score (nSPS) is 13.0. The number of unbranched alkanes of at least 4 members (excludes halogenated alkanes) is 2. The lowest BCUT2D eigenvalue weighted by atomic mass is 9.94. The standard InChI is InChI=1S/C28H42N4O5/c1-9-11-12-17-30-24(34)23(20-15-13-19(10-2)14-16-20)32(27(3,4)5)25(35)21(18-22(29)33)31-26(36)37-28(6,7)8/h2,13-16,21,23H,9,11-12,17-18H2,1,3-8H3,(H2,29,33)(H,30,34)(H,31,36). The number of carbonyl (C=O) groups is 4. The third-order valence-electron chi connectivity index (χ3n) is 5.33. The molecule has 204 valence electrons. The molecule has 4 amide bonds.